The summed E-state index contributed by atoms with van der Waals surface area (Å²) in [5.41, 5.74) is 0.358. The summed E-state index contributed by atoms with van der Waals surface area (Å²) in [7, 11) is 0. The van der Waals surface area contributed by atoms with E-state index in [-0.39, 0.29) is 5.56 Å². The van der Waals surface area contributed by atoms with Gasteiger partial charge in [0.05, 0.1) is 5.56 Å². The van der Waals surface area contributed by atoms with Gasteiger partial charge in [-0.05, 0) is 49.1 Å². The van der Waals surface area contributed by atoms with E-state index in [2.05, 4.69) is 15.2 Å². The molecule has 0 spiro atoms. The smallest absolute Gasteiger partial charge is 0.371 e. The summed E-state index contributed by atoms with van der Waals surface area (Å²) in [5, 5.41) is 2.77. The Bertz CT molecular complexity index is 741. The number of carbonyl (C=O) groups excluding carboxylic acids is 1. The largest absolute Gasteiger partial charge is 0.416 e. The number of amides is 1. The van der Waals surface area contributed by atoms with Gasteiger partial charge in [-0.25, -0.2) is 0 Å². The summed E-state index contributed by atoms with van der Waals surface area (Å²) in [6.45, 7) is 2.24. The normalized spacial score (nSPS) is 15.7. The zero-order valence-corrected chi connectivity index (χ0v) is 14.2. The highest BCUT2D eigenvalue weighted by molar-refractivity contribution is 5.94. The molecule has 1 fully saturated rings. The van der Waals surface area contributed by atoms with Gasteiger partial charge in [0.2, 0.25) is 0 Å². The molecule has 1 saturated heterocycles. The van der Waals surface area contributed by atoms with E-state index >= 15 is 0 Å². The van der Waals surface area contributed by atoms with Gasteiger partial charge in [0.1, 0.15) is 0 Å². The quantitative estimate of drug-likeness (QED) is 0.900. The maximum absolute atomic E-state index is 12.7. The summed E-state index contributed by atoms with van der Waals surface area (Å²) in [6.07, 6.45) is 0.917. The lowest BCUT2D eigenvalue weighted by atomic mass is 9.96. The number of hydrogen-bond acceptors (Lipinski definition) is 3. The molecule has 138 valence electrons. The van der Waals surface area contributed by atoms with Crippen molar-refractivity contribution in [1.29, 1.82) is 0 Å². The number of benzene rings is 1. The number of nitrogens with one attached hydrogen (secondary N) is 1. The van der Waals surface area contributed by atoms with Gasteiger partial charge in [-0.1, -0.05) is 6.07 Å². The van der Waals surface area contributed by atoms with Crippen molar-refractivity contribution in [3.8, 4) is 0 Å². The second-order valence-electron chi connectivity index (χ2n) is 6.42. The molecule has 26 heavy (non-hydrogen) atoms. The summed E-state index contributed by atoms with van der Waals surface area (Å²) in [6, 6.07) is 8.44. The Balaban J connectivity index is 1.50. The van der Waals surface area contributed by atoms with Crippen LogP contribution in [0.15, 0.2) is 48.8 Å². The van der Waals surface area contributed by atoms with E-state index < -0.39 is 17.6 Å². The van der Waals surface area contributed by atoms with Crippen LogP contribution in [0.4, 0.5) is 18.9 Å². The second-order valence-corrected chi connectivity index (χ2v) is 6.42. The predicted molar refractivity (Wildman–Crippen MR) is 93.0 cm³/mol. The first-order valence-electron chi connectivity index (χ1n) is 8.54. The van der Waals surface area contributed by atoms with Crippen molar-refractivity contribution >= 4 is 11.6 Å². The van der Waals surface area contributed by atoms with Crippen LogP contribution in [0.2, 0.25) is 0 Å². The highest BCUT2D eigenvalue weighted by atomic mass is 19.4. The van der Waals surface area contributed by atoms with Crippen LogP contribution < -0.4 is 10.2 Å². The molecular formula is C19H20F3N3O. The number of hydrogen-bond donors (Lipinski definition) is 1. The molecule has 0 aliphatic carbocycles. The van der Waals surface area contributed by atoms with Gasteiger partial charge in [0, 0.05) is 43.3 Å². The van der Waals surface area contributed by atoms with E-state index in [4.69, 9.17) is 0 Å². The van der Waals surface area contributed by atoms with Gasteiger partial charge in [-0.15, -0.1) is 0 Å². The predicted octanol–water partition coefficient (Wildman–Crippen LogP) is 3.75. The summed E-state index contributed by atoms with van der Waals surface area (Å²) >= 11 is 0. The molecule has 0 radical (unpaired) electrons. The van der Waals surface area contributed by atoms with Gasteiger partial charge in [0.25, 0.3) is 5.91 Å². The maximum atomic E-state index is 12.7. The third-order valence-corrected chi connectivity index (χ3v) is 4.65. The molecule has 0 unspecified atom stereocenters. The maximum Gasteiger partial charge on any atom is 0.416 e. The van der Waals surface area contributed by atoms with Crippen LogP contribution in [0, 0.1) is 5.92 Å². The fourth-order valence-electron chi connectivity index (χ4n) is 3.13. The molecule has 1 aromatic carbocycles. The van der Waals surface area contributed by atoms with Crippen molar-refractivity contribution in [3.63, 3.8) is 0 Å². The van der Waals surface area contributed by atoms with Crippen LogP contribution in [0.25, 0.3) is 0 Å². The lowest BCUT2D eigenvalue weighted by Crippen LogP contribution is -2.38. The number of carbonyl (C=O) groups is 1. The molecule has 0 atom stereocenters. The topological polar surface area (TPSA) is 45.2 Å². The lowest BCUT2D eigenvalue weighted by molar-refractivity contribution is -0.137. The molecular weight excluding hydrogens is 343 g/mol. The van der Waals surface area contributed by atoms with Crippen molar-refractivity contribution in [2.24, 2.45) is 5.92 Å². The van der Waals surface area contributed by atoms with Crippen LogP contribution >= 0.6 is 0 Å². The first-order valence-corrected chi connectivity index (χ1v) is 8.54. The molecule has 1 amide bonds. The molecule has 4 nitrogen and oxygen atoms in total. The third-order valence-electron chi connectivity index (χ3n) is 4.65. The van der Waals surface area contributed by atoms with E-state index in [1.165, 1.54) is 12.1 Å². The molecule has 0 saturated carbocycles. The fraction of sp³-hybridized carbons (Fsp3) is 0.368. The van der Waals surface area contributed by atoms with Crippen LogP contribution in [0.3, 0.4) is 0 Å². The molecule has 2 heterocycles. The van der Waals surface area contributed by atoms with Crippen LogP contribution in [-0.4, -0.2) is 30.5 Å². The van der Waals surface area contributed by atoms with E-state index in [1.807, 2.05) is 12.1 Å². The molecule has 0 bridgehead atoms. The number of rotatable bonds is 4. The Morgan fingerprint density at radius 3 is 2.50 bits per heavy atom. The molecule has 1 aliphatic heterocycles. The van der Waals surface area contributed by atoms with Gasteiger partial charge >= 0.3 is 6.18 Å². The molecule has 3 rings (SSSR count). The molecule has 2 aromatic rings. The summed E-state index contributed by atoms with van der Waals surface area (Å²) < 4.78 is 38.2. The van der Waals surface area contributed by atoms with Gasteiger partial charge in [-0.2, -0.15) is 13.2 Å². The van der Waals surface area contributed by atoms with Crippen molar-refractivity contribution < 1.29 is 18.0 Å². The number of alkyl halides is 3. The number of nitrogens with zero attached hydrogens (tertiary/aromatic N) is 2. The summed E-state index contributed by atoms with van der Waals surface area (Å²) in [4.78, 5) is 18.4. The van der Waals surface area contributed by atoms with Gasteiger partial charge < -0.3 is 10.2 Å². The van der Waals surface area contributed by atoms with E-state index in [9.17, 15) is 18.0 Å². The number of aromatic nitrogens is 1. The monoisotopic (exact) mass is 363 g/mol. The van der Waals surface area contributed by atoms with Gasteiger partial charge in [-0.3, -0.25) is 9.78 Å². The zero-order chi connectivity index (χ0) is 18.6. The van der Waals surface area contributed by atoms with Crippen molar-refractivity contribution in [2.45, 2.75) is 19.0 Å². The average Bonchev–Trinajstić information content (AvgIpc) is 2.66. The molecule has 7 heteroatoms. The number of halogens is 3. The van der Waals surface area contributed by atoms with Gasteiger partial charge in [0.15, 0.2) is 0 Å². The highest BCUT2D eigenvalue weighted by Gasteiger charge is 2.31. The number of pyridine rings is 1. The van der Waals surface area contributed by atoms with E-state index in [1.54, 1.807) is 12.4 Å². The Hall–Kier alpha value is -2.57. The Labute approximate surface area is 150 Å². The fourth-order valence-corrected chi connectivity index (χ4v) is 3.13. The minimum atomic E-state index is -4.45. The Morgan fingerprint density at radius 1 is 1.15 bits per heavy atom. The first kappa shape index (κ1) is 18.2. The van der Waals surface area contributed by atoms with Crippen molar-refractivity contribution in [2.75, 3.05) is 24.5 Å². The van der Waals surface area contributed by atoms with Crippen LogP contribution in [-0.2, 0) is 6.18 Å². The standard InChI is InChI=1S/C19H20F3N3O/c20-19(21,22)16-3-1-2-15(12-16)18(26)24-13-14-6-10-25(11-7-14)17-4-8-23-9-5-17/h1-5,8-9,12,14H,6-7,10-11,13H2,(H,24,26). The van der Waals surface area contributed by atoms with Crippen molar-refractivity contribution in [3.05, 3.63) is 59.9 Å². The molecule has 1 aromatic heterocycles. The zero-order valence-electron chi connectivity index (χ0n) is 14.2. The number of anilines is 1. The van der Waals surface area contributed by atoms with E-state index in [0.29, 0.717) is 12.5 Å². The average molecular weight is 363 g/mol. The lowest BCUT2D eigenvalue weighted by Gasteiger charge is -2.33. The Morgan fingerprint density at radius 2 is 1.85 bits per heavy atom. The minimum absolute atomic E-state index is 0.0362. The Kier molecular flexibility index (Phi) is 5.44. The first-order chi connectivity index (χ1) is 12.4. The minimum Gasteiger partial charge on any atom is -0.371 e. The molecule has 1 N–H and O–H groups in total. The van der Waals surface area contributed by atoms with E-state index in [0.717, 1.165) is 43.8 Å². The van der Waals surface area contributed by atoms with Crippen LogP contribution in [0.1, 0.15) is 28.8 Å². The third kappa shape index (κ3) is 4.53. The molecule has 1 aliphatic rings. The SMILES string of the molecule is O=C(NCC1CCN(c2ccncc2)CC1)c1cccc(C(F)(F)F)c1. The summed E-state index contributed by atoms with van der Waals surface area (Å²) in [5.74, 6) is -0.143. The second kappa shape index (κ2) is 7.76. The van der Waals surface area contributed by atoms with Crippen molar-refractivity contribution in [1.82, 2.24) is 10.3 Å². The number of piperidine rings is 1. The highest BCUT2D eigenvalue weighted by Crippen LogP contribution is 2.29. The van der Waals surface area contributed by atoms with Crippen LogP contribution in [0.5, 0.6) is 0 Å².